The molecule has 6 nitrogen and oxygen atoms in total. The number of Topliss-reactive ketones (excluding diaryl/α,β-unsaturated/α-hetero) is 1. The van der Waals surface area contributed by atoms with Crippen LogP contribution >= 0.6 is 0 Å². The highest BCUT2D eigenvalue weighted by Gasteiger charge is 2.37. The molecule has 0 atom stereocenters. The summed E-state index contributed by atoms with van der Waals surface area (Å²) in [6.45, 7) is 0.122. The number of esters is 1. The lowest BCUT2D eigenvalue weighted by Crippen LogP contribution is -2.23. The molecule has 0 saturated carbocycles. The number of allylic oxidation sites excluding steroid dienone is 1. The van der Waals surface area contributed by atoms with Crippen molar-refractivity contribution in [2.75, 3.05) is 20.7 Å². The second-order valence-electron chi connectivity index (χ2n) is 5.62. The Balaban J connectivity index is 2.52. The van der Waals surface area contributed by atoms with Crippen molar-refractivity contribution in [3.8, 4) is 0 Å². The molecule has 0 amide bonds. The van der Waals surface area contributed by atoms with Crippen LogP contribution in [0.2, 0.25) is 0 Å². The molecule has 1 aliphatic rings. The molecule has 132 valence electrons. The van der Waals surface area contributed by atoms with Gasteiger partial charge in [0.1, 0.15) is 12.2 Å². The van der Waals surface area contributed by atoms with Crippen molar-refractivity contribution in [1.29, 1.82) is 0 Å². The molecule has 0 spiro atoms. The first-order chi connectivity index (χ1) is 11.1. The Morgan fingerprint density at radius 2 is 2.04 bits per heavy atom. The fourth-order valence-corrected chi connectivity index (χ4v) is 2.59. The van der Waals surface area contributed by atoms with Gasteiger partial charge in [-0.2, -0.15) is 18.3 Å². The molecule has 0 fully saturated rings. The summed E-state index contributed by atoms with van der Waals surface area (Å²) >= 11 is 0. The van der Waals surface area contributed by atoms with Gasteiger partial charge in [-0.05, 0) is 19.8 Å². The molecule has 1 aromatic heterocycles. The normalized spacial score (nSPS) is 16.2. The Hall–Kier alpha value is -2.32. The summed E-state index contributed by atoms with van der Waals surface area (Å²) in [4.78, 5) is 26.2. The number of aromatic nitrogens is 2. The lowest BCUT2D eigenvalue weighted by molar-refractivity contribution is -0.142. The smallest absolute Gasteiger partial charge is 0.408 e. The van der Waals surface area contributed by atoms with Crippen LogP contribution < -0.4 is 0 Å². The molecular formula is C15H18F3N3O3. The van der Waals surface area contributed by atoms with Gasteiger partial charge in [0.2, 0.25) is 5.78 Å². The van der Waals surface area contributed by atoms with E-state index in [-0.39, 0.29) is 30.0 Å². The summed E-state index contributed by atoms with van der Waals surface area (Å²) in [5.41, 5.74) is 0.265. The van der Waals surface area contributed by atoms with Crippen LogP contribution in [0, 0.1) is 0 Å². The van der Waals surface area contributed by atoms with Crippen molar-refractivity contribution >= 4 is 11.8 Å². The highest BCUT2D eigenvalue weighted by atomic mass is 19.4. The minimum Gasteiger partial charge on any atom is -0.461 e. The number of ketones is 1. The van der Waals surface area contributed by atoms with Crippen molar-refractivity contribution < 1.29 is 27.5 Å². The average molecular weight is 345 g/mol. The number of hydrogen-bond donors (Lipinski definition) is 0. The Kier molecular flexibility index (Phi) is 5.00. The third kappa shape index (κ3) is 3.77. The number of carbonyl (C=O) groups excluding carboxylic acids is 2. The molecule has 0 saturated heterocycles. The first kappa shape index (κ1) is 18.0. The van der Waals surface area contributed by atoms with E-state index in [1.807, 2.05) is 0 Å². The lowest BCUT2D eigenvalue weighted by atomic mass is 9.90. The summed E-state index contributed by atoms with van der Waals surface area (Å²) in [6.07, 6.45) is -2.37. The fraction of sp³-hybridized carbons (Fsp3) is 0.533. The molecule has 1 heterocycles. The zero-order valence-corrected chi connectivity index (χ0v) is 13.6. The van der Waals surface area contributed by atoms with E-state index in [2.05, 4.69) is 5.10 Å². The SMILES string of the molecule is CCOC(=O)c1c2c(nn1CC(F)(F)F)C(=O)C(=CN(C)C)CC2. The number of nitrogens with zero attached hydrogens (tertiary/aromatic N) is 3. The quantitative estimate of drug-likeness (QED) is 0.618. The van der Waals surface area contributed by atoms with E-state index >= 15 is 0 Å². The maximum Gasteiger partial charge on any atom is 0.408 e. The van der Waals surface area contributed by atoms with Crippen molar-refractivity contribution in [1.82, 2.24) is 14.7 Å². The van der Waals surface area contributed by atoms with Gasteiger partial charge < -0.3 is 9.64 Å². The zero-order chi connectivity index (χ0) is 18.1. The molecule has 2 rings (SSSR count). The van der Waals surface area contributed by atoms with Gasteiger partial charge in [-0.3, -0.25) is 4.79 Å². The van der Waals surface area contributed by atoms with Crippen LogP contribution in [-0.4, -0.2) is 53.3 Å². The van der Waals surface area contributed by atoms with Gasteiger partial charge in [0, 0.05) is 31.4 Å². The Morgan fingerprint density at radius 1 is 1.38 bits per heavy atom. The predicted octanol–water partition coefficient (Wildman–Crippen LogP) is 2.20. The Morgan fingerprint density at radius 3 is 2.58 bits per heavy atom. The van der Waals surface area contributed by atoms with Gasteiger partial charge in [0.05, 0.1) is 6.61 Å². The molecule has 0 aliphatic heterocycles. The van der Waals surface area contributed by atoms with E-state index < -0.39 is 24.5 Å². The summed E-state index contributed by atoms with van der Waals surface area (Å²) in [5.74, 6) is -1.36. The fourth-order valence-electron chi connectivity index (χ4n) is 2.59. The number of alkyl halides is 3. The Labute approximate surface area is 136 Å². The van der Waals surface area contributed by atoms with Crippen LogP contribution in [0.5, 0.6) is 0 Å². The van der Waals surface area contributed by atoms with Crippen LogP contribution in [0.4, 0.5) is 13.2 Å². The van der Waals surface area contributed by atoms with Gasteiger partial charge in [-0.1, -0.05) is 0 Å². The molecule has 24 heavy (non-hydrogen) atoms. The van der Waals surface area contributed by atoms with Crippen molar-refractivity contribution in [2.24, 2.45) is 0 Å². The van der Waals surface area contributed by atoms with Gasteiger partial charge in [0.15, 0.2) is 5.69 Å². The van der Waals surface area contributed by atoms with Gasteiger partial charge in [0.25, 0.3) is 0 Å². The van der Waals surface area contributed by atoms with E-state index in [0.29, 0.717) is 16.7 Å². The monoisotopic (exact) mass is 345 g/mol. The van der Waals surface area contributed by atoms with Crippen LogP contribution in [-0.2, 0) is 17.7 Å². The number of carbonyl (C=O) groups is 2. The molecule has 0 N–H and O–H groups in total. The number of halogens is 3. The topological polar surface area (TPSA) is 64.4 Å². The molecule has 0 radical (unpaired) electrons. The molecule has 1 aliphatic carbocycles. The number of hydrogen-bond acceptors (Lipinski definition) is 5. The van der Waals surface area contributed by atoms with Crippen molar-refractivity contribution in [3.05, 3.63) is 28.7 Å². The molecule has 0 bridgehead atoms. The molecule has 1 aromatic rings. The highest BCUT2D eigenvalue weighted by Crippen LogP contribution is 2.30. The van der Waals surface area contributed by atoms with E-state index in [4.69, 9.17) is 4.74 Å². The minimum atomic E-state index is -4.57. The van der Waals surface area contributed by atoms with Crippen molar-refractivity contribution in [3.63, 3.8) is 0 Å². The summed E-state index contributed by atoms with van der Waals surface area (Å²) in [7, 11) is 3.48. The van der Waals surface area contributed by atoms with E-state index in [1.54, 1.807) is 32.1 Å². The first-order valence-corrected chi connectivity index (χ1v) is 7.39. The number of fused-ring (bicyclic) bond motifs is 1. The van der Waals surface area contributed by atoms with Crippen molar-refractivity contribution in [2.45, 2.75) is 32.5 Å². The highest BCUT2D eigenvalue weighted by molar-refractivity contribution is 6.10. The summed E-state index contributed by atoms with van der Waals surface area (Å²) in [6, 6.07) is 0. The van der Waals surface area contributed by atoms with E-state index in [9.17, 15) is 22.8 Å². The standard InChI is InChI=1S/C15H18F3N3O3/c1-4-24-14(23)12-10-6-5-9(7-20(2)3)13(22)11(10)19-21(12)8-15(16,17)18/h7H,4-6,8H2,1-3H3. The zero-order valence-electron chi connectivity index (χ0n) is 13.6. The average Bonchev–Trinajstić information content (AvgIpc) is 2.78. The van der Waals surface area contributed by atoms with Crippen LogP contribution in [0.15, 0.2) is 11.8 Å². The van der Waals surface area contributed by atoms with Gasteiger partial charge in [-0.15, -0.1) is 0 Å². The molecule has 0 aromatic carbocycles. The largest absolute Gasteiger partial charge is 0.461 e. The summed E-state index contributed by atoms with van der Waals surface area (Å²) < 4.78 is 43.7. The molecule has 9 heteroatoms. The Bertz CT molecular complexity index is 690. The predicted molar refractivity (Wildman–Crippen MR) is 78.7 cm³/mol. The molecule has 0 unspecified atom stereocenters. The van der Waals surface area contributed by atoms with Crippen LogP contribution in [0.3, 0.4) is 0 Å². The van der Waals surface area contributed by atoms with Gasteiger partial charge in [-0.25, -0.2) is 9.48 Å². The lowest BCUT2D eigenvalue weighted by Gasteiger charge is -2.16. The second kappa shape index (κ2) is 6.66. The summed E-state index contributed by atoms with van der Waals surface area (Å²) in [5, 5.41) is 3.76. The van der Waals surface area contributed by atoms with E-state index in [0.717, 1.165) is 0 Å². The molecular weight excluding hydrogens is 327 g/mol. The maximum absolute atomic E-state index is 12.8. The number of rotatable bonds is 4. The van der Waals surface area contributed by atoms with Gasteiger partial charge >= 0.3 is 12.1 Å². The second-order valence-corrected chi connectivity index (χ2v) is 5.62. The number of ether oxygens (including phenoxy) is 1. The minimum absolute atomic E-state index is 0.0184. The van der Waals surface area contributed by atoms with Crippen LogP contribution in [0.25, 0.3) is 0 Å². The third-order valence-corrected chi connectivity index (χ3v) is 3.41. The van der Waals surface area contributed by atoms with E-state index in [1.165, 1.54) is 0 Å². The first-order valence-electron chi connectivity index (χ1n) is 7.39. The maximum atomic E-state index is 12.8. The van der Waals surface area contributed by atoms with Crippen LogP contribution in [0.1, 0.15) is 39.9 Å². The third-order valence-electron chi connectivity index (χ3n) is 3.41.